The van der Waals surface area contributed by atoms with Crippen molar-refractivity contribution in [1.82, 2.24) is 0 Å². The van der Waals surface area contributed by atoms with Gasteiger partial charge in [0.25, 0.3) is 0 Å². The molecular weight excluding hydrogens is 336 g/mol. The standard InChI is InChI=1S/C16H12O7S/c17-5-6-24(21,22)10-2-4-14-12(8-10)15(18)11-7-9(16(19)20)1-3-13(11)23-14/h1-4,7-8,17H,5-6H2,(H,19,20). The second kappa shape index (κ2) is 5.73. The molecule has 0 aliphatic heterocycles. The van der Waals surface area contributed by atoms with Gasteiger partial charge >= 0.3 is 5.97 Å². The molecular formula is C16H12O7S. The summed E-state index contributed by atoms with van der Waals surface area (Å²) in [6.45, 7) is -0.533. The summed E-state index contributed by atoms with van der Waals surface area (Å²) in [4.78, 5) is 23.5. The van der Waals surface area contributed by atoms with E-state index in [1.165, 1.54) is 36.4 Å². The van der Waals surface area contributed by atoms with E-state index in [1.807, 2.05) is 0 Å². The van der Waals surface area contributed by atoms with Crippen molar-refractivity contribution >= 4 is 37.7 Å². The topological polar surface area (TPSA) is 122 Å². The number of benzene rings is 2. The Morgan fingerprint density at radius 1 is 1.04 bits per heavy atom. The predicted molar refractivity (Wildman–Crippen MR) is 86.1 cm³/mol. The molecule has 0 bridgehead atoms. The van der Waals surface area contributed by atoms with Gasteiger partial charge in [0.05, 0.1) is 33.6 Å². The zero-order valence-corrected chi connectivity index (χ0v) is 13.0. The highest BCUT2D eigenvalue weighted by molar-refractivity contribution is 7.91. The van der Waals surface area contributed by atoms with E-state index in [-0.39, 0.29) is 32.4 Å². The van der Waals surface area contributed by atoms with E-state index in [2.05, 4.69) is 0 Å². The molecule has 2 N–H and O–H groups in total. The van der Waals surface area contributed by atoms with Crippen LogP contribution in [-0.2, 0) is 9.84 Å². The average Bonchev–Trinajstić information content (AvgIpc) is 2.54. The lowest BCUT2D eigenvalue weighted by Gasteiger charge is -2.06. The van der Waals surface area contributed by atoms with E-state index in [1.54, 1.807) is 0 Å². The van der Waals surface area contributed by atoms with E-state index in [0.29, 0.717) is 0 Å². The molecule has 3 rings (SSSR count). The van der Waals surface area contributed by atoms with E-state index in [0.717, 1.165) is 0 Å². The molecule has 8 heteroatoms. The molecule has 0 spiro atoms. The molecule has 1 aromatic heterocycles. The first kappa shape index (κ1) is 16.2. The number of rotatable bonds is 4. The Morgan fingerprint density at radius 3 is 2.29 bits per heavy atom. The van der Waals surface area contributed by atoms with E-state index in [4.69, 9.17) is 14.6 Å². The molecule has 1 heterocycles. The molecule has 7 nitrogen and oxygen atoms in total. The highest BCUT2D eigenvalue weighted by Crippen LogP contribution is 2.23. The number of carboxylic acid groups (broad SMARTS) is 1. The maximum absolute atomic E-state index is 12.6. The first-order valence-electron chi connectivity index (χ1n) is 6.91. The summed E-state index contributed by atoms with van der Waals surface area (Å²) in [6, 6.07) is 7.74. The molecule has 0 saturated heterocycles. The van der Waals surface area contributed by atoms with Gasteiger partial charge in [-0.25, -0.2) is 13.2 Å². The summed E-state index contributed by atoms with van der Waals surface area (Å²) in [5, 5.41) is 17.9. The van der Waals surface area contributed by atoms with Crippen molar-refractivity contribution in [2.75, 3.05) is 12.4 Å². The maximum Gasteiger partial charge on any atom is 0.335 e. The molecule has 0 aliphatic carbocycles. The Hall–Kier alpha value is -2.71. The minimum Gasteiger partial charge on any atom is -0.478 e. The normalized spacial score (nSPS) is 11.9. The first-order chi connectivity index (χ1) is 11.3. The minimum atomic E-state index is -3.72. The van der Waals surface area contributed by atoms with Gasteiger partial charge in [0.2, 0.25) is 5.43 Å². The summed E-state index contributed by atoms with van der Waals surface area (Å²) in [5.74, 6) is -1.64. The van der Waals surface area contributed by atoms with Crippen LogP contribution >= 0.6 is 0 Å². The number of sulfone groups is 1. The molecule has 0 saturated carbocycles. The number of aliphatic hydroxyl groups is 1. The van der Waals surface area contributed by atoms with Crippen LogP contribution in [0.1, 0.15) is 10.4 Å². The van der Waals surface area contributed by atoms with Gasteiger partial charge in [0.1, 0.15) is 11.2 Å². The van der Waals surface area contributed by atoms with Crippen LogP contribution in [0.15, 0.2) is 50.5 Å². The van der Waals surface area contributed by atoms with Crippen molar-refractivity contribution in [3.8, 4) is 0 Å². The average molecular weight is 348 g/mol. The second-order valence-corrected chi connectivity index (χ2v) is 7.26. The summed E-state index contributed by atoms with van der Waals surface area (Å²) < 4.78 is 29.6. The fourth-order valence-corrected chi connectivity index (χ4v) is 3.45. The number of aromatic carboxylic acids is 1. The van der Waals surface area contributed by atoms with E-state index < -0.39 is 33.6 Å². The van der Waals surface area contributed by atoms with Gasteiger partial charge in [0, 0.05) is 0 Å². The van der Waals surface area contributed by atoms with Gasteiger partial charge in [-0.1, -0.05) is 0 Å². The minimum absolute atomic E-state index is 0.0315. The van der Waals surface area contributed by atoms with Gasteiger partial charge in [-0.15, -0.1) is 0 Å². The fourth-order valence-electron chi connectivity index (χ4n) is 2.40. The first-order valence-corrected chi connectivity index (χ1v) is 8.56. The third kappa shape index (κ3) is 2.66. The highest BCUT2D eigenvalue weighted by atomic mass is 32.2. The number of hydrogen-bond acceptors (Lipinski definition) is 6. The molecule has 124 valence electrons. The molecule has 3 aromatic rings. The SMILES string of the molecule is O=C(O)c1ccc2oc3ccc(S(=O)(=O)CCO)cc3c(=O)c2c1. The lowest BCUT2D eigenvalue weighted by Crippen LogP contribution is -2.11. The Kier molecular flexibility index (Phi) is 3.86. The quantitative estimate of drug-likeness (QED) is 0.684. The van der Waals surface area contributed by atoms with Crippen molar-refractivity contribution in [2.24, 2.45) is 0 Å². The molecule has 0 amide bonds. The smallest absolute Gasteiger partial charge is 0.335 e. The van der Waals surface area contributed by atoms with Crippen LogP contribution < -0.4 is 5.43 Å². The molecule has 0 fully saturated rings. The third-order valence-corrected chi connectivity index (χ3v) is 5.30. The third-order valence-electron chi connectivity index (χ3n) is 3.61. The van der Waals surface area contributed by atoms with Gasteiger partial charge < -0.3 is 14.6 Å². The van der Waals surface area contributed by atoms with Crippen molar-refractivity contribution in [2.45, 2.75) is 4.90 Å². The van der Waals surface area contributed by atoms with Crippen LogP contribution in [0.25, 0.3) is 21.9 Å². The van der Waals surface area contributed by atoms with E-state index in [9.17, 15) is 18.0 Å². The summed E-state index contributed by atoms with van der Waals surface area (Å²) in [5.41, 5.74) is -0.185. The van der Waals surface area contributed by atoms with Crippen molar-refractivity contribution in [3.05, 3.63) is 52.2 Å². The van der Waals surface area contributed by atoms with Crippen molar-refractivity contribution in [3.63, 3.8) is 0 Å². The van der Waals surface area contributed by atoms with Crippen LogP contribution in [0.2, 0.25) is 0 Å². The summed E-state index contributed by atoms with van der Waals surface area (Å²) in [7, 11) is -3.72. The second-order valence-electron chi connectivity index (χ2n) is 5.15. The number of carbonyl (C=O) groups is 1. The Balaban J connectivity index is 2.33. The number of carboxylic acids is 1. The van der Waals surface area contributed by atoms with Crippen molar-refractivity contribution < 1.29 is 27.8 Å². The highest BCUT2D eigenvalue weighted by Gasteiger charge is 2.17. The van der Waals surface area contributed by atoms with Gasteiger partial charge in [-0.05, 0) is 36.4 Å². The summed E-state index contributed by atoms with van der Waals surface area (Å²) in [6.07, 6.45) is 0. The van der Waals surface area contributed by atoms with Gasteiger partial charge in [-0.3, -0.25) is 4.79 Å². The lowest BCUT2D eigenvalue weighted by atomic mass is 10.1. The van der Waals surface area contributed by atoms with Crippen LogP contribution in [0.5, 0.6) is 0 Å². The van der Waals surface area contributed by atoms with Gasteiger partial charge in [-0.2, -0.15) is 0 Å². The van der Waals surface area contributed by atoms with Crippen LogP contribution in [0.4, 0.5) is 0 Å². The molecule has 0 aliphatic rings. The maximum atomic E-state index is 12.6. The number of aliphatic hydroxyl groups excluding tert-OH is 1. The predicted octanol–water partition coefficient (Wildman–Crippen LogP) is 1.41. The Bertz CT molecular complexity index is 1130. The molecule has 0 unspecified atom stereocenters. The van der Waals surface area contributed by atoms with Crippen LogP contribution in [-0.4, -0.2) is 37.0 Å². The lowest BCUT2D eigenvalue weighted by molar-refractivity contribution is 0.0697. The molecule has 24 heavy (non-hydrogen) atoms. The molecule has 0 radical (unpaired) electrons. The Morgan fingerprint density at radius 2 is 1.67 bits per heavy atom. The van der Waals surface area contributed by atoms with Crippen LogP contribution in [0.3, 0.4) is 0 Å². The molecule has 0 atom stereocenters. The molecule has 2 aromatic carbocycles. The Labute approximate surface area is 135 Å². The van der Waals surface area contributed by atoms with Gasteiger partial charge in [0.15, 0.2) is 9.84 Å². The zero-order valence-electron chi connectivity index (χ0n) is 12.2. The number of hydrogen-bond donors (Lipinski definition) is 2. The largest absolute Gasteiger partial charge is 0.478 e. The van der Waals surface area contributed by atoms with E-state index >= 15 is 0 Å². The van der Waals surface area contributed by atoms with Crippen molar-refractivity contribution in [1.29, 1.82) is 0 Å². The monoisotopic (exact) mass is 348 g/mol. The number of fused-ring (bicyclic) bond motifs is 2. The van der Waals surface area contributed by atoms with Crippen LogP contribution in [0, 0.1) is 0 Å². The summed E-state index contributed by atoms with van der Waals surface area (Å²) >= 11 is 0. The zero-order chi connectivity index (χ0) is 17.5. The fraction of sp³-hybridized carbons (Fsp3) is 0.125.